The van der Waals surface area contributed by atoms with Gasteiger partial charge < -0.3 is 22.1 Å². The van der Waals surface area contributed by atoms with Crippen LogP contribution in [-0.2, 0) is 0 Å². The molecular weight excluding hydrogens is 376 g/mol. The Balaban J connectivity index is 2.49. The van der Waals surface area contributed by atoms with Crippen LogP contribution in [-0.4, -0.2) is 77.2 Å². The smallest absolute Gasteiger partial charge is 0.0585 e. The molecule has 0 aromatic rings. The van der Waals surface area contributed by atoms with Crippen LogP contribution in [0.1, 0.15) is 38.5 Å². The molecule has 8 nitrogen and oxygen atoms in total. The van der Waals surface area contributed by atoms with E-state index in [9.17, 15) is 0 Å². The molecule has 0 amide bonds. The van der Waals surface area contributed by atoms with E-state index < -0.39 is 0 Å². The number of unbranched alkanes of at least 4 members (excludes halogenated alkanes) is 4. The van der Waals surface area contributed by atoms with Crippen LogP contribution in [0.2, 0.25) is 0 Å². The molecular formula is C22H40N8. The molecule has 1 aliphatic heterocycles. The van der Waals surface area contributed by atoms with Crippen molar-refractivity contribution in [1.82, 2.24) is 10.6 Å². The van der Waals surface area contributed by atoms with Crippen molar-refractivity contribution in [3.05, 3.63) is 23.5 Å². The summed E-state index contributed by atoms with van der Waals surface area (Å²) in [5, 5.41) is 6.61. The topological polar surface area (TPSA) is 126 Å². The largest absolute Gasteiger partial charge is 0.390 e. The highest BCUT2D eigenvalue weighted by molar-refractivity contribution is 6.04. The van der Waals surface area contributed by atoms with E-state index in [1.165, 1.54) is 0 Å². The zero-order valence-electron chi connectivity index (χ0n) is 18.3. The fraction of sp³-hybridized carbons (Fsp3) is 0.636. The van der Waals surface area contributed by atoms with Crippen LogP contribution in [0.5, 0.6) is 0 Å². The molecule has 1 rings (SSSR count). The van der Waals surface area contributed by atoms with E-state index in [0.717, 1.165) is 82.4 Å². The van der Waals surface area contributed by atoms with Crippen molar-refractivity contribution in [3.63, 3.8) is 0 Å². The Bertz CT molecular complexity index is 582. The van der Waals surface area contributed by atoms with Gasteiger partial charge in [-0.3, -0.25) is 20.0 Å². The maximum Gasteiger partial charge on any atom is 0.0585 e. The van der Waals surface area contributed by atoms with E-state index in [4.69, 9.17) is 11.5 Å². The van der Waals surface area contributed by atoms with E-state index in [1.54, 1.807) is 0 Å². The predicted molar refractivity (Wildman–Crippen MR) is 131 cm³/mol. The minimum absolute atomic E-state index is 0.634. The standard InChI is InChI=1S/C22H40N8/c23-7-3-1-5-9-25-15-21-17-27-11-13-29-19-22(20-30-14-12-28-18-21)16-26-10-6-2-4-8-24/h15-20,25,29H,1-14,23-24H2/b21-15-,22-19-,26-16?,27-17?,28-18?,30-20?. The number of nitrogens with one attached hydrogen (secondary N) is 2. The molecule has 0 radical (unpaired) electrons. The summed E-state index contributed by atoms with van der Waals surface area (Å²) in [6.07, 6.45) is 17.9. The average molecular weight is 417 g/mol. The molecule has 1 aliphatic rings. The lowest BCUT2D eigenvalue weighted by atomic mass is 10.2. The van der Waals surface area contributed by atoms with Gasteiger partial charge >= 0.3 is 0 Å². The summed E-state index contributed by atoms with van der Waals surface area (Å²) < 4.78 is 0. The van der Waals surface area contributed by atoms with Crippen molar-refractivity contribution >= 4 is 24.9 Å². The number of rotatable bonds is 12. The maximum atomic E-state index is 5.52. The van der Waals surface area contributed by atoms with E-state index in [0.29, 0.717) is 19.6 Å². The molecule has 0 bridgehead atoms. The van der Waals surface area contributed by atoms with Gasteiger partial charge in [-0.25, -0.2) is 0 Å². The molecule has 0 aromatic carbocycles. The van der Waals surface area contributed by atoms with Crippen molar-refractivity contribution < 1.29 is 0 Å². The Kier molecular flexibility index (Phi) is 17.1. The number of aliphatic imine (C=N–C) groups is 4. The fourth-order valence-electron chi connectivity index (χ4n) is 2.59. The summed E-state index contributed by atoms with van der Waals surface area (Å²) in [5.41, 5.74) is 13.0. The second-order valence-electron chi connectivity index (χ2n) is 7.04. The summed E-state index contributed by atoms with van der Waals surface area (Å²) in [6.45, 7) is 5.95. The molecule has 0 aromatic heterocycles. The Morgan fingerprint density at radius 3 is 2.37 bits per heavy atom. The Hall–Kier alpha value is -2.32. The summed E-state index contributed by atoms with van der Waals surface area (Å²) in [4.78, 5) is 17.9. The van der Waals surface area contributed by atoms with Crippen LogP contribution in [0.4, 0.5) is 0 Å². The molecule has 8 heteroatoms. The first-order valence-corrected chi connectivity index (χ1v) is 11.1. The van der Waals surface area contributed by atoms with Gasteiger partial charge in [-0.1, -0.05) is 12.8 Å². The van der Waals surface area contributed by atoms with Gasteiger partial charge in [0.05, 0.1) is 19.6 Å². The highest BCUT2D eigenvalue weighted by Gasteiger charge is 1.93. The van der Waals surface area contributed by atoms with Crippen LogP contribution in [0.25, 0.3) is 0 Å². The third kappa shape index (κ3) is 15.6. The Morgan fingerprint density at radius 2 is 1.60 bits per heavy atom. The predicted octanol–water partition coefficient (Wildman–Crippen LogP) is 1.49. The lowest BCUT2D eigenvalue weighted by Gasteiger charge is -2.03. The first-order valence-electron chi connectivity index (χ1n) is 11.1. The van der Waals surface area contributed by atoms with Crippen LogP contribution in [0.3, 0.4) is 0 Å². The summed E-state index contributed by atoms with van der Waals surface area (Å²) in [6, 6.07) is 0. The molecule has 1 heterocycles. The number of hydrogen-bond donors (Lipinski definition) is 4. The molecule has 0 spiro atoms. The fourth-order valence-corrected chi connectivity index (χ4v) is 2.59. The molecule has 168 valence electrons. The molecule has 0 aliphatic carbocycles. The second kappa shape index (κ2) is 20.0. The lowest BCUT2D eigenvalue weighted by molar-refractivity contribution is 0.661. The monoisotopic (exact) mass is 416 g/mol. The molecule has 0 saturated carbocycles. The molecule has 30 heavy (non-hydrogen) atoms. The van der Waals surface area contributed by atoms with Crippen LogP contribution in [0, 0.1) is 0 Å². The summed E-state index contributed by atoms with van der Waals surface area (Å²) >= 11 is 0. The summed E-state index contributed by atoms with van der Waals surface area (Å²) in [7, 11) is 0. The van der Waals surface area contributed by atoms with Gasteiger partial charge in [0.1, 0.15) is 0 Å². The van der Waals surface area contributed by atoms with Gasteiger partial charge in [0.2, 0.25) is 0 Å². The minimum Gasteiger partial charge on any atom is -0.390 e. The van der Waals surface area contributed by atoms with E-state index in [1.807, 2.05) is 37.3 Å². The quantitative estimate of drug-likeness (QED) is 0.284. The Morgan fingerprint density at radius 1 is 0.900 bits per heavy atom. The Labute approximate surface area is 181 Å². The lowest BCUT2D eigenvalue weighted by Crippen LogP contribution is -2.13. The minimum atomic E-state index is 0.634. The number of hydrogen-bond acceptors (Lipinski definition) is 8. The van der Waals surface area contributed by atoms with Crippen molar-refractivity contribution in [3.8, 4) is 0 Å². The number of nitrogens with zero attached hydrogens (tertiary/aromatic N) is 4. The molecule has 0 saturated heterocycles. The highest BCUT2D eigenvalue weighted by atomic mass is 14.9. The van der Waals surface area contributed by atoms with Gasteiger partial charge in [-0.05, 0) is 38.8 Å². The van der Waals surface area contributed by atoms with Crippen LogP contribution < -0.4 is 22.1 Å². The highest BCUT2D eigenvalue weighted by Crippen LogP contribution is 1.95. The van der Waals surface area contributed by atoms with Crippen molar-refractivity contribution in [2.75, 3.05) is 52.4 Å². The first-order chi connectivity index (χ1) is 14.9. The van der Waals surface area contributed by atoms with Crippen LogP contribution >= 0.6 is 0 Å². The normalized spacial score (nSPS) is 18.9. The van der Waals surface area contributed by atoms with E-state index in [-0.39, 0.29) is 0 Å². The van der Waals surface area contributed by atoms with Gasteiger partial charge in [0.15, 0.2) is 0 Å². The zero-order valence-corrected chi connectivity index (χ0v) is 18.3. The number of allylic oxidation sites excluding steroid dienone is 2. The summed E-state index contributed by atoms with van der Waals surface area (Å²) in [5.74, 6) is 0. The molecule has 0 fully saturated rings. The maximum absolute atomic E-state index is 5.52. The van der Waals surface area contributed by atoms with Gasteiger partial charge in [0, 0.05) is 68.0 Å². The van der Waals surface area contributed by atoms with Gasteiger partial charge in [-0.15, -0.1) is 0 Å². The molecule has 0 unspecified atom stereocenters. The van der Waals surface area contributed by atoms with Crippen molar-refractivity contribution in [2.45, 2.75) is 38.5 Å². The zero-order chi connectivity index (χ0) is 21.5. The first kappa shape index (κ1) is 25.7. The van der Waals surface area contributed by atoms with Gasteiger partial charge in [-0.2, -0.15) is 0 Å². The third-order valence-corrected chi connectivity index (χ3v) is 4.26. The van der Waals surface area contributed by atoms with Crippen molar-refractivity contribution in [1.29, 1.82) is 0 Å². The number of nitrogens with two attached hydrogens (primary N) is 2. The SMILES string of the molecule is NCCCCCN=C/C1=C/NCCN=C/C(=C/NCCCCCN)C=NCCN=C1. The average Bonchev–Trinajstić information content (AvgIpc) is 2.76. The van der Waals surface area contributed by atoms with Crippen molar-refractivity contribution in [2.24, 2.45) is 31.4 Å². The second-order valence-corrected chi connectivity index (χ2v) is 7.04. The molecule has 6 N–H and O–H groups in total. The van der Waals surface area contributed by atoms with E-state index >= 15 is 0 Å². The van der Waals surface area contributed by atoms with Gasteiger partial charge in [0.25, 0.3) is 0 Å². The third-order valence-electron chi connectivity index (χ3n) is 4.26. The molecule has 0 atom stereocenters. The van der Waals surface area contributed by atoms with E-state index in [2.05, 4.69) is 30.6 Å². The van der Waals surface area contributed by atoms with Crippen LogP contribution in [0.15, 0.2) is 43.5 Å².